The van der Waals surface area contributed by atoms with Gasteiger partial charge in [-0.3, -0.25) is 0 Å². The van der Waals surface area contributed by atoms with E-state index in [1.807, 2.05) is 36.4 Å². The predicted molar refractivity (Wildman–Crippen MR) is 104 cm³/mol. The summed E-state index contributed by atoms with van der Waals surface area (Å²) >= 11 is 0. The molecule has 1 N–H and O–H groups in total. The topological polar surface area (TPSA) is 91.6 Å². The lowest BCUT2D eigenvalue weighted by Gasteiger charge is -2.19. The van der Waals surface area contributed by atoms with Crippen molar-refractivity contribution in [3.05, 3.63) is 83.8 Å². The molecule has 4 rings (SSSR count). The van der Waals surface area contributed by atoms with Crippen LogP contribution in [0.3, 0.4) is 0 Å². The molecular formula is C23H20NO5-. The number of fused-ring (bicyclic) bond motifs is 3. The average molecular weight is 390 g/mol. The number of amides is 1. The quantitative estimate of drug-likeness (QED) is 0.670. The Morgan fingerprint density at radius 2 is 1.66 bits per heavy atom. The van der Waals surface area contributed by atoms with Gasteiger partial charge in [0.15, 0.2) is 0 Å². The summed E-state index contributed by atoms with van der Waals surface area (Å²) in [7, 11) is 0. The molecule has 2 aromatic carbocycles. The summed E-state index contributed by atoms with van der Waals surface area (Å²) in [5, 5.41) is 13.6. The SMILES string of the molecule is O=C([O-])C[C@@H](Cc1ccco1)NC(=O)OCC1c2ccccc2-c2ccccc21. The van der Waals surface area contributed by atoms with Crippen molar-refractivity contribution in [3.63, 3.8) is 0 Å². The molecule has 1 aliphatic carbocycles. The molecule has 3 aromatic rings. The lowest BCUT2D eigenvalue weighted by atomic mass is 9.98. The van der Waals surface area contributed by atoms with E-state index in [4.69, 9.17) is 9.15 Å². The van der Waals surface area contributed by atoms with Crippen molar-refractivity contribution >= 4 is 12.1 Å². The first-order valence-electron chi connectivity index (χ1n) is 9.45. The van der Waals surface area contributed by atoms with Gasteiger partial charge in [-0.2, -0.15) is 0 Å². The molecule has 0 bridgehead atoms. The third-order valence-electron chi connectivity index (χ3n) is 5.11. The number of furan rings is 1. The van der Waals surface area contributed by atoms with Crippen LogP contribution in [0.5, 0.6) is 0 Å². The first-order chi connectivity index (χ1) is 14.1. The fourth-order valence-corrected chi connectivity index (χ4v) is 3.85. The van der Waals surface area contributed by atoms with Crippen LogP contribution >= 0.6 is 0 Å². The number of carboxylic acids is 1. The molecule has 1 atom stereocenters. The summed E-state index contributed by atoms with van der Waals surface area (Å²) in [6.45, 7) is 0.165. The van der Waals surface area contributed by atoms with Crippen molar-refractivity contribution < 1.29 is 23.8 Å². The molecule has 0 radical (unpaired) electrons. The first kappa shape index (κ1) is 18.8. The summed E-state index contributed by atoms with van der Waals surface area (Å²) in [6.07, 6.45) is 0.749. The monoisotopic (exact) mass is 390 g/mol. The van der Waals surface area contributed by atoms with Crippen LogP contribution in [0.4, 0.5) is 4.79 Å². The summed E-state index contributed by atoms with van der Waals surface area (Å²) in [4.78, 5) is 23.4. The van der Waals surface area contributed by atoms with E-state index in [1.165, 1.54) is 6.26 Å². The number of alkyl carbamates (subject to hydrolysis) is 1. The number of aliphatic carboxylic acids is 1. The van der Waals surface area contributed by atoms with Crippen molar-refractivity contribution in [2.24, 2.45) is 0 Å². The maximum absolute atomic E-state index is 12.4. The van der Waals surface area contributed by atoms with Gasteiger partial charge < -0.3 is 24.4 Å². The maximum Gasteiger partial charge on any atom is 0.407 e. The van der Waals surface area contributed by atoms with Crippen molar-refractivity contribution in [1.29, 1.82) is 0 Å². The van der Waals surface area contributed by atoms with E-state index in [2.05, 4.69) is 17.4 Å². The standard InChI is InChI=1S/C23H21NO5/c25-22(26)13-15(12-16-6-5-11-28-16)24-23(27)29-14-21-19-9-3-1-7-17(19)18-8-2-4-10-20(18)21/h1-11,15,21H,12-14H2,(H,24,27)(H,25,26)/p-1/t15-/m1/s1. The van der Waals surface area contributed by atoms with E-state index in [0.717, 1.165) is 22.3 Å². The lowest BCUT2D eigenvalue weighted by Crippen LogP contribution is -2.41. The molecule has 0 spiro atoms. The van der Waals surface area contributed by atoms with E-state index in [-0.39, 0.29) is 25.4 Å². The molecule has 6 heteroatoms. The Balaban J connectivity index is 1.43. The molecule has 29 heavy (non-hydrogen) atoms. The fourth-order valence-electron chi connectivity index (χ4n) is 3.85. The zero-order valence-corrected chi connectivity index (χ0v) is 15.7. The lowest BCUT2D eigenvalue weighted by molar-refractivity contribution is -0.306. The Labute approximate surface area is 168 Å². The van der Waals surface area contributed by atoms with Crippen LogP contribution < -0.4 is 10.4 Å². The van der Waals surface area contributed by atoms with Crippen LogP contribution in [0.1, 0.15) is 29.2 Å². The van der Waals surface area contributed by atoms with Crippen molar-refractivity contribution in [3.8, 4) is 11.1 Å². The smallest absolute Gasteiger partial charge is 0.407 e. The molecule has 148 valence electrons. The molecule has 0 fully saturated rings. The highest BCUT2D eigenvalue weighted by Crippen LogP contribution is 2.44. The highest BCUT2D eigenvalue weighted by Gasteiger charge is 2.29. The van der Waals surface area contributed by atoms with Crippen LogP contribution in [0.2, 0.25) is 0 Å². The molecule has 0 saturated heterocycles. The third-order valence-corrected chi connectivity index (χ3v) is 5.11. The normalized spacial score (nSPS) is 13.4. The number of benzene rings is 2. The number of carbonyl (C=O) groups is 2. The summed E-state index contributed by atoms with van der Waals surface area (Å²) in [6, 6.07) is 18.9. The maximum atomic E-state index is 12.4. The van der Waals surface area contributed by atoms with Gasteiger partial charge in [0.1, 0.15) is 12.4 Å². The predicted octanol–water partition coefficient (Wildman–Crippen LogP) is 2.87. The number of nitrogens with one attached hydrogen (secondary N) is 1. The minimum absolute atomic E-state index is 0.0576. The van der Waals surface area contributed by atoms with Crippen molar-refractivity contribution in [2.75, 3.05) is 6.61 Å². The summed E-state index contributed by atoms with van der Waals surface area (Å²) < 4.78 is 10.7. The fraction of sp³-hybridized carbons (Fsp3) is 0.217. The first-order valence-corrected chi connectivity index (χ1v) is 9.45. The number of ether oxygens (including phenoxy) is 1. The highest BCUT2D eigenvalue weighted by molar-refractivity contribution is 5.79. The van der Waals surface area contributed by atoms with Crippen molar-refractivity contribution in [2.45, 2.75) is 24.8 Å². The van der Waals surface area contributed by atoms with Gasteiger partial charge in [0.05, 0.1) is 6.26 Å². The second-order valence-corrected chi connectivity index (χ2v) is 7.03. The van der Waals surface area contributed by atoms with Crippen molar-refractivity contribution in [1.82, 2.24) is 5.32 Å². The molecule has 0 unspecified atom stereocenters. The van der Waals surface area contributed by atoms with Gasteiger partial charge in [-0.1, -0.05) is 48.5 Å². The van der Waals surface area contributed by atoms with E-state index < -0.39 is 18.1 Å². The van der Waals surface area contributed by atoms with E-state index in [9.17, 15) is 14.7 Å². The second-order valence-electron chi connectivity index (χ2n) is 7.03. The largest absolute Gasteiger partial charge is 0.550 e. The van der Waals surface area contributed by atoms with Gasteiger partial charge in [-0.15, -0.1) is 0 Å². The minimum atomic E-state index is -1.25. The van der Waals surface area contributed by atoms with Gasteiger partial charge in [-0.25, -0.2) is 4.79 Å². The number of rotatable bonds is 7. The summed E-state index contributed by atoms with van der Waals surface area (Å²) in [5.41, 5.74) is 4.52. The Hall–Kier alpha value is -3.54. The van der Waals surface area contributed by atoms with Crippen LogP contribution in [0.15, 0.2) is 71.3 Å². The Bertz CT molecular complexity index is 966. The van der Waals surface area contributed by atoms with E-state index in [0.29, 0.717) is 5.76 Å². The molecular weight excluding hydrogens is 370 g/mol. The number of hydrogen-bond acceptors (Lipinski definition) is 5. The summed E-state index contributed by atoms with van der Waals surface area (Å²) in [5.74, 6) is -0.728. The molecule has 1 amide bonds. The highest BCUT2D eigenvalue weighted by atomic mass is 16.5. The number of carbonyl (C=O) groups excluding carboxylic acids is 2. The Morgan fingerprint density at radius 3 is 2.24 bits per heavy atom. The van der Waals surface area contributed by atoms with Crippen LogP contribution in [0.25, 0.3) is 11.1 Å². The molecule has 1 aliphatic rings. The zero-order valence-electron chi connectivity index (χ0n) is 15.7. The van der Waals surface area contributed by atoms with Gasteiger partial charge in [-0.05, 0) is 34.4 Å². The van der Waals surface area contributed by atoms with Crippen LogP contribution in [-0.2, 0) is 16.0 Å². The minimum Gasteiger partial charge on any atom is -0.550 e. The van der Waals surface area contributed by atoms with Gasteiger partial charge >= 0.3 is 6.09 Å². The van der Waals surface area contributed by atoms with E-state index in [1.54, 1.807) is 12.1 Å². The van der Waals surface area contributed by atoms with E-state index >= 15 is 0 Å². The number of carboxylic acid groups (broad SMARTS) is 1. The van der Waals surface area contributed by atoms with Gasteiger partial charge in [0, 0.05) is 30.8 Å². The number of hydrogen-bond donors (Lipinski definition) is 1. The van der Waals surface area contributed by atoms with Gasteiger partial charge in [0.2, 0.25) is 0 Å². The molecule has 6 nitrogen and oxygen atoms in total. The third kappa shape index (κ3) is 4.16. The molecule has 0 aliphatic heterocycles. The molecule has 1 heterocycles. The average Bonchev–Trinajstić information content (AvgIpc) is 3.32. The molecule has 1 aromatic heterocycles. The van der Waals surface area contributed by atoms with Gasteiger partial charge in [0.25, 0.3) is 0 Å². The Kier molecular flexibility index (Phi) is 5.33. The zero-order chi connectivity index (χ0) is 20.2. The Morgan fingerprint density at radius 1 is 1.00 bits per heavy atom. The second kappa shape index (κ2) is 8.22. The van der Waals surface area contributed by atoms with Crippen LogP contribution in [-0.4, -0.2) is 24.7 Å². The molecule has 0 saturated carbocycles. The van der Waals surface area contributed by atoms with Crippen LogP contribution in [0, 0.1) is 0 Å².